The lowest BCUT2D eigenvalue weighted by Gasteiger charge is -2.21. The van der Waals surface area contributed by atoms with E-state index in [0.29, 0.717) is 18.6 Å². The Balaban J connectivity index is 1.62. The molecule has 1 saturated carbocycles. The van der Waals surface area contributed by atoms with Gasteiger partial charge in [-0.1, -0.05) is 30.0 Å². The number of furan rings is 1. The van der Waals surface area contributed by atoms with E-state index < -0.39 is 16.4 Å². The maximum atomic E-state index is 12.9. The first kappa shape index (κ1) is 20.2. The summed E-state index contributed by atoms with van der Waals surface area (Å²) in [7, 11) is 0. The summed E-state index contributed by atoms with van der Waals surface area (Å²) >= 11 is 1.22. The Kier molecular flexibility index (Phi) is 5.15. The third-order valence-electron chi connectivity index (χ3n) is 4.39. The SMILES string of the molecule is CC(C)(C)OC(=O)n1c(SC2(C(=O)Nc3ccccc3)CC2)nnc1-c1ccco1. The Hall–Kier alpha value is -3.07. The number of carbonyl (C=O) groups is 2. The van der Waals surface area contributed by atoms with E-state index in [9.17, 15) is 9.59 Å². The summed E-state index contributed by atoms with van der Waals surface area (Å²) in [4.78, 5) is 25.9. The molecule has 3 aromatic rings. The first-order valence-corrected chi connectivity index (χ1v) is 10.4. The predicted octanol–water partition coefficient (Wildman–Crippen LogP) is 4.58. The number of para-hydroxylation sites is 1. The highest BCUT2D eigenvalue weighted by molar-refractivity contribution is 8.01. The van der Waals surface area contributed by atoms with Gasteiger partial charge in [-0.05, 0) is 57.9 Å². The van der Waals surface area contributed by atoms with Crippen molar-refractivity contribution in [1.82, 2.24) is 14.8 Å². The van der Waals surface area contributed by atoms with Crippen LogP contribution in [0.2, 0.25) is 0 Å². The van der Waals surface area contributed by atoms with Crippen LogP contribution in [-0.2, 0) is 9.53 Å². The van der Waals surface area contributed by atoms with Crippen LogP contribution in [-0.4, -0.2) is 37.1 Å². The lowest BCUT2D eigenvalue weighted by atomic mass is 10.2. The Morgan fingerprint density at radius 2 is 1.87 bits per heavy atom. The smallest absolute Gasteiger partial charge is 0.422 e. The lowest BCUT2D eigenvalue weighted by Crippen LogP contribution is -2.30. The summed E-state index contributed by atoms with van der Waals surface area (Å²) in [6.45, 7) is 5.35. The van der Waals surface area contributed by atoms with Gasteiger partial charge in [-0.2, -0.15) is 0 Å². The van der Waals surface area contributed by atoms with E-state index in [-0.39, 0.29) is 16.9 Å². The predicted molar refractivity (Wildman–Crippen MR) is 112 cm³/mol. The van der Waals surface area contributed by atoms with Crippen molar-refractivity contribution in [3.8, 4) is 11.6 Å². The second-order valence-electron chi connectivity index (χ2n) is 8.02. The average molecular weight is 426 g/mol. The van der Waals surface area contributed by atoms with Crippen molar-refractivity contribution in [2.75, 3.05) is 5.32 Å². The van der Waals surface area contributed by atoms with Gasteiger partial charge in [0, 0.05) is 5.69 Å². The van der Waals surface area contributed by atoms with Crippen LogP contribution >= 0.6 is 11.8 Å². The quantitative estimate of drug-likeness (QED) is 0.637. The number of anilines is 1. The van der Waals surface area contributed by atoms with E-state index in [0.717, 1.165) is 5.69 Å². The number of nitrogens with zero attached hydrogens (tertiary/aromatic N) is 3. The average Bonchev–Trinajstić information content (AvgIpc) is 3.09. The molecule has 2 aromatic heterocycles. The lowest BCUT2D eigenvalue weighted by molar-refractivity contribution is -0.116. The summed E-state index contributed by atoms with van der Waals surface area (Å²) in [6.07, 6.45) is 2.22. The molecule has 1 fully saturated rings. The molecule has 2 heterocycles. The zero-order chi connectivity index (χ0) is 21.4. The molecular weight excluding hydrogens is 404 g/mol. The maximum absolute atomic E-state index is 12.9. The fraction of sp³-hybridized carbons (Fsp3) is 0.333. The molecule has 156 valence electrons. The van der Waals surface area contributed by atoms with Crippen LogP contribution in [0.3, 0.4) is 0 Å². The van der Waals surface area contributed by atoms with E-state index in [1.54, 1.807) is 32.9 Å². The third kappa shape index (κ3) is 4.25. The number of ether oxygens (including phenoxy) is 1. The highest BCUT2D eigenvalue weighted by atomic mass is 32.2. The van der Waals surface area contributed by atoms with Crippen molar-refractivity contribution in [1.29, 1.82) is 0 Å². The molecule has 1 aliphatic carbocycles. The minimum Gasteiger partial charge on any atom is -0.461 e. The maximum Gasteiger partial charge on any atom is 0.422 e. The molecule has 0 unspecified atom stereocenters. The molecule has 0 radical (unpaired) electrons. The van der Waals surface area contributed by atoms with Gasteiger partial charge < -0.3 is 14.5 Å². The highest BCUT2D eigenvalue weighted by Crippen LogP contribution is 2.52. The van der Waals surface area contributed by atoms with Gasteiger partial charge in [0.1, 0.15) is 10.3 Å². The first-order chi connectivity index (χ1) is 14.3. The van der Waals surface area contributed by atoms with Crippen molar-refractivity contribution >= 4 is 29.4 Å². The highest BCUT2D eigenvalue weighted by Gasteiger charge is 2.52. The zero-order valence-electron chi connectivity index (χ0n) is 16.9. The van der Waals surface area contributed by atoms with Crippen molar-refractivity contribution in [3.63, 3.8) is 0 Å². The molecule has 0 spiro atoms. The van der Waals surface area contributed by atoms with Crippen molar-refractivity contribution in [2.24, 2.45) is 0 Å². The van der Waals surface area contributed by atoms with E-state index in [4.69, 9.17) is 9.15 Å². The van der Waals surface area contributed by atoms with Crippen LogP contribution < -0.4 is 5.32 Å². The van der Waals surface area contributed by atoms with Gasteiger partial charge in [-0.15, -0.1) is 10.2 Å². The number of amides is 1. The summed E-state index contributed by atoms with van der Waals surface area (Å²) < 4.78 is 11.5. The van der Waals surface area contributed by atoms with E-state index in [1.165, 1.54) is 22.6 Å². The monoisotopic (exact) mass is 426 g/mol. The van der Waals surface area contributed by atoms with Crippen LogP contribution in [0.1, 0.15) is 33.6 Å². The number of thioether (sulfide) groups is 1. The van der Waals surface area contributed by atoms with Gasteiger partial charge in [0.2, 0.25) is 16.9 Å². The number of benzene rings is 1. The standard InChI is InChI=1S/C21H22N4O4S/c1-20(2,3)29-19(27)25-16(15-10-7-13-28-15)23-24-18(25)30-21(11-12-21)17(26)22-14-8-5-4-6-9-14/h4-10,13H,11-12H2,1-3H3,(H,22,26). The van der Waals surface area contributed by atoms with Crippen LogP contribution in [0.4, 0.5) is 10.5 Å². The molecule has 30 heavy (non-hydrogen) atoms. The van der Waals surface area contributed by atoms with Gasteiger partial charge in [-0.3, -0.25) is 4.79 Å². The van der Waals surface area contributed by atoms with Crippen molar-refractivity contribution in [2.45, 2.75) is 49.1 Å². The van der Waals surface area contributed by atoms with Crippen LogP contribution in [0, 0.1) is 0 Å². The Morgan fingerprint density at radius 3 is 2.47 bits per heavy atom. The second kappa shape index (κ2) is 7.64. The van der Waals surface area contributed by atoms with Gasteiger partial charge in [-0.25, -0.2) is 9.36 Å². The fourth-order valence-corrected chi connectivity index (χ4v) is 3.94. The van der Waals surface area contributed by atoms with Gasteiger partial charge in [0.25, 0.3) is 0 Å². The Labute approximate surface area is 178 Å². The minimum atomic E-state index is -0.705. The van der Waals surface area contributed by atoms with E-state index in [1.807, 2.05) is 30.3 Å². The van der Waals surface area contributed by atoms with Crippen LogP contribution in [0.5, 0.6) is 0 Å². The Morgan fingerprint density at radius 1 is 1.13 bits per heavy atom. The normalized spacial score (nSPS) is 14.9. The van der Waals surface area contributed by atoms with E-state index >= 15 is 0 Å². The second-order valence-corrected chi connectivity index (χ2v) is 9.37. The third-order valence-corrected chi connectivity index (χ3v) is 5.82. The van der Waals surface area contributed by atoms with Gasteiger partial charge >= 0.3 is 6.09 Å². The molecule has 0 saturated heterocycles. The van der Waals surface area contributed by atoms with Crippen LogP contribution in [0.25, 0.3) is 11.6 Å². The summed E-state index contributed by atoms with van der Waals surface area (Å²) in [5.74, 6) is 0.492. The Bertz CT molecular complexity index is 1050. The molecule has 1 N–H and O–H groups in total. The molecule has 1 aliphatic rings. The van der Waals surface area contributed by atoms with Crippen molar-refractivity contribution in [3.05, 3.63) is 48.7 Å². The molecule has 0 aliphatic heterocycles. The molecular formula is C21H22N4O4S. The number of hydrogen-bond acceptors (Lipinski definition) is 7. The number of nitrogens with one attached hydrogen (secondary N) is 1. The summed E-state index contributed by atoms with van der Waals surface area (Å²) in [5.41, 5.74) is 0.0188. The molecule has 0 bridgehead atoms. The number of carbonyl (C=O) groups excluding carboxylic acids is 2. The van der Waals surface area contributed by atoms with E-state index in [2.05, 4.69) is 15.5 Å². The van der Waals surface area contributed by atoms with Crippen molar-refractivity contribution < 1.29 is 18.7 Å². The molecule has 0 atom stereocenters. The molecule has 1 amide bonds. The molecule has 1 aromatic carbocycles. The van der Waals surface area contributed by atoms with Crippen LogP contribution in [0.15, 0.2) is 58.3 Å². The molecule has 8 nitrogen and oxygen atoms in total. The largest absolute Gasteiger partial charge is 0.461 e. The first-order valence-electron chi connectivity index (χ1n) is 9.56. The number of hydrogen-bond donors (Lipinski definition) is 1. The van der Waals surface area contributed by atoms with Gasteiger partial charge in [0.05, 0.1) is 6.26 Å². The van der Waals surface area contributed by atoms with Gasteiger partial charge in [0.15, 0.2) is 5.76 Å². The minimum absolute atomic E-state index is 0.128. The zero-order valence-corrected chi connectivity index (χ0v) is 17.7. The summed E-state index contributed by atoms with van der Waals surface area (Å²) in [5, 5.41) is 11.5. The summed E-state index contributed by atoms with van der Waals surface area (Å²) in [6, 6.07) is 12.7. The molecule has 9 heteroatoms. The fourth-order valence-electron chi connectivity index (χ4n) is 2.80. The number of rotatable bonds is 5. The number of aromatic nitrogens is 3. The topological polar surface area (TPSA) is 99.2 Å². The molecule has 4 rings (SSSR count).